The van der Waals surface area contributed by atoms with Gasteiger partial charge in [-0.1, -0.05) is 35.3 Å². The standard InChI is InChI=1S/C15H12Cl2N2O2/c16-10-6-5-9(7-11(10)17)19-15(20)14-8-18-12-3-1-2-4-13(12)21-14/h1-7,14,18H,8H2,(H,19,20). The lowest BCUT2D eigenvalue weighted by Gasteiger charge is -2.26. The summed E-state index contributed by atoms with van der Waals surface area (Å²) in [5.41, 5.74) is 1.47. The molecule has 1 heterocycles. The van der Waals surface area contributed by atoms with Crippen LogP contribution in [0.4, 0.5) is 11.4 Å². The van der Waals surface area contributed by atoms with Crippen molar-refractivity contribution in [2.75, 3.05) is 17.2 Å². The molecule has 1 aliphatic heterocycles. The lowest BCUT2D eigenvalue weighted by molar-refractivity contribution is -0.122. The van der Waals surface area contributed by atoms with Crippen molar-refractivity contribution in [3.63, 3.8) is 0 Å². The molecular formula is C15H12Cl2N2O2. The molecule has 3 rings (SSSR count). The van der Waals surface area contributed by atoms with Crippen molar-refractivity contribution in [2.45, 2.75) is 6.10 Å². The van der Waals surface area contributed by atoms with Gasteiger partial charge >= 0.3 is 0 Å². The first-order valence-electron chi connectivity index (χ1n) is 6.39. The number of amides is 1. The molecule has 0 aliphatic carbocycles. The topological polar surface area (TPSA) is 50.4 Å². The molecule has 0 spiro atoms. The van der Waals surface area contributed by atoms with Gasteiger partial charge in [-0.15, -0.1) is 0 Å². The highest BCUT2D eigenvalue weighted by Crippen LogP contribution is 2.29. The Labute approximate surface area is 132 Å². The summed E-state index contributed by atoms with van der Waals surface area (Å²) >= 11 is 11.8. The predicted molar refractivity (Wildman–Crippen MR) is 84.4 cm³/mol. The van der Waals surface area contributed by atoms with Crippen LogP contribution in [0.1, 0.15) is 0 Å². The van der Waals surface area contributed by atoms with Gasteiger partial charge in [0.05, 0.1) is 22.3 Å². The second-order valence-electron chi connectivity index (χ2n) is 4.60. The van der Waals surface area contributed by atoms with Gasteiger partial charge in [-0.25, -0.2) is 0 Å². The summed E-state index contributed by atoms with van der Waals surface area (Å²) in [6.45, 7) is 0.407. The first-order valence-corrected chi connectivity index (χ1v) is 7.14. The first kappa shape index (κ1) is 14.0. The van der Waals surface area contributed by atoms with Gasteiger partial charge in [-0.2, -0.15) is 0 Å². The van der Waals surface area contributed by atoms with E-state index in [4.69, 9.17) is 27.9 Å². The van der Waals surface area contributed by atoms with Crippen LogP contribution < -0.4 is 15.4 Å². The molecule has 2 aromatic rings. The van der Waals surface area contributed by atoms with E-state index in [1.54, 1.807) is 18.2 Å². The molecule has 6 heteroatoms. The van der Waals surface area contributed by atoms with E-state index in [-0.39, 0.29) is 5.91 Å². The van der Waals surface area contributed by atoms with Crippen LogP contribution in [0, 0.1) is 0 Å². The third kappa shape index (κ3) is 3.06. The van der Waals surface area contributed by atoms with Crippen LogP contribution in [-0.4, -0.2) is 18.6 Å². The van der Waals surface area contributed by atoms with Crippen molar-refractivity contribution < 1.29 is 9.53 Å². The molecule has 0 saturated carbocycles. The molecular weight excluding hydrogens is 311 g/mol. The van der Waals surface area contributed by atoms with E-state index in [2.05, 4.69) is 10.6 Å². The zero-order valence-electron chi connectivity index (χ0n) is 10.9. The Morgan fingerprint density at radius 1 is 1.19 bits per heavy atom. The molecule has 0 radical (unpaired) electrons. The third-order valence-electron chi connectivity index (χ3n) is 3.11. The molecule has 1 atom stereocenters. The first-order chi connectivity index (χ1) is 10.1. The molecule has 0 bridgehead atoms. The summed E-state index contributed by atoms with van der Waals surface area (Å²) in [5, 5.41) is 6.77. The van der Waals surface area contributed by atoms with Crippen molar-refractivity contribution in [2.24, 2.45) is 0 Å². The van der Waals surface area contributed by atoms with E-state index in [1.807, 2.05) is 24.3 Å². The second-order valence-corrected chi connectivity index (χ2v) is 5.42. The molecule has 2 aromatic carbocycles. The van der Waals surface area contributed by atoms with Crippen molar-refractivity contribution in [3.8, 4) is 5.75 Å². The number of para-hydroxylation sites is 2. The highest BCUT2D eigenvalue weighted by atomic mass is 35.5. The van der Waals surface area contributed by atoms with Gasteiger partial charge in [0.25, 0.3) is 5.91 Å². The molecule has 1 aliphatic rings. The third-order valence-corrected chi connectivity index (χ3v) is 3.85. The van der Waals surface area contributed by atoms with Gasteiger partial charge in [-0.3, -0.25) is 4.79 Å². The minimum atomic E-state index is -0.602. The van der Waals surface area contributed by atoms with Crippen LogP contribution in [0.15, 0.2) is 42.5 Å². The Bertz CT molecular complexity index is 691. The number of anilines is 2. The Morgan fingerprint density at radius 3 is 2.81 bits per heavy atom. The van der Waals surface area contributed by atoms with E-state index in [1.165, 1.54) is 0 Å². The van der Waals surface area contributed by atoms with E-state index in [9.17, 15) is 4.79 Å². The number of benzene rings is 2. The summed E-state index contributed by atoms with van der Waals surface area (Å²) in [7, 11) is 0. The summed E-state index contributed by atoms with van der Waals surface area (Å²) in [5.74, 6) is 0.424. The fourth-order valence-electron chi connectivity index (χ4n) is 2.06. The zero-order valence-corrected chi connectivity index (χ0v) is 12.4. The van der Waals surface area contributed by atoms with E-state index in [0.29, 0.717) is 28.0 Å². The number of carbonyl (C=O) groups excluding carboxylic acids is 1. The minimum absolute atomic E-state index is 0.240. The van der Waals surface area contributed by atoms with E-state index in [0.717, 1.165) is 5.69 Å². The van der Waals surface area contributed by atoms with Crippen molar-refractivity contribution >= 4 is 40.5 Å². The van der Waals surface area contributed by atoms with Crippen molar-refractivity contribution in [3.05, 3.63) is 52.5 Å². The molecule has 1 unspecified atom stereocenters. The Morgan fingerprint density at radius 2 is 2.00 bits per heavy atom. The molecule has 1 amide bonds. The Balaban J connectivity index is 1.70. The van der Waals surface area contributed by atoms with Crippen LogP contribution in [0.2, 0.25) is 10.0 Å². The number of carbonyl (C=O) groups is 1. The lowest BCUT2D eigenvalue weighted by atomic mass is 10.2. The van der Waals surface area contributed by atoms with Crippen molar-refractivity contribution in [1.82, 2.24) is 0 Å². The number of halogens is 2. The normalized spacial score (nSPS) is 16.4. The average molecular weight is 323 g/mol. The molecule has 21 heavy (non-hydrogen) atoms. The fraction of sp³-hybridized carbons (Fsp3) is 0.133. The monoisotopic (exact) mass is 322 g/mol. The maximum atomic E-state index is 12.2. The van der Waals surface area contributed by atoms with Gasteiger partial charge in [0.2, 0.25) is 0 Å². The van der Waals surface area contributed by atoms with Crippen molar-refractivity contribution in [1.29, 1.82) is 0 Å². The van der Waals surface area contributed by atoms with Crippen LogP contribution in [-0.2, 0) is 4.79 Å². The average Bonchev–Trinajstić information content (AvgIpc) is 2.50. The van der Waals surface area contributed by atoms with Gasteiger partial charge in [0.1, 0.15) is 5.75 Å². The van der Waals surface area contributed by atoms with E-state index >= 15 is 0 Å². The number of ether oxygens (including phenoxy) is 1. The van der Waals surface area contributed by atoms with E-state index < -0.39 is 6.10 Å². The highest BCUT2D eigenvalue weighted by Gasteiger charge is 2.25. The summed E-state index contributed by atoms with van der Waals surface area (Å²) in [4.78, 5) is 12.2. The fourth-order valence-corrected chi connectivity index (χ4v) is 2.35. The van der Waals surface area contributed by atoms with Crippen LogP contribution >= 0.6 is 23.2 Å². The Kier molecular flexibility index (Phi) is 3.90. The zero-order chi connectivity index (χ0) is 14.8. The summed E-state index contributed by atoms with van der Waals surface area (Å²) in [6.07, 6.45) is -0.602. The number of hydrogen-bond acceptors (Lipinski definition) is 3. The van der Waals surface area contributed by atoms with Gasteiger partial charge < -0.3 is 15.4 Å². The predicted octanol–water partition coefficient (Wildman–Crippen LogP) is 3.81. The molecule has 4 nitrogen and oxygen atoms in total. The molecule has 0 saturated heterocycles. The molecule has 108 valence electrons. The maximum Gasteiger partial charge on any atom is 0.267 e. The Hall–Kier alpha value is -1.91. The van der Waals surface area contributed by atoms with Crippen LogP contribution in [0.25, 0.3) is 0 Å². The number of fused-ring (bicyclic) bond motifs is 1. The SMILES string of the molecule is O=C(Nc1ccc(Cl)c(Cl)c1)C1CNc2ccccc2O1. The van der Waals surface area contributed by atoms with Gasteiger partial charge in [0, 0.05) is 5.69 Å². The van der Waals surface area contributed by atoms with Crippen LogP contribution in [0.5, 0.6) is 5.75 Å². The molecule has 0 fully saturated rings. The smallest absolute Gasteiger partial charge is 0.267 e. The maximum absolute atomic E-state index is 12.2. The number of rotatable bonds is 2. The number of hydrogen-bond donors (Lipinski definition) is 2. The number of nitrogens with one attached hydrogen (secondary N) is 2. The quantitative estimate of drug-likeness (QED) is 0.884. The van der Waals surface area contributed by atoms with Crippen LogP contribution in [0.3, 0.4) is 0 Å². The van der Waals surface area contributed by atoms with Gasteiger partial charge in [-0.05, 0) is 30.3 Å². The molecule has 2 N–H and O–H groups in total. The molecule has 0 aromatic heterocycles. The summed E-state index contributed by atoms with van der Waals surface area (Å²) in [6, 6.07) is 12.4. The second kappa shape index (κ2) is 5.84. The largest absolute Gasteiger partial charge is 0.477 e. The lowest BCUT2D eigenvalue weighted by Crippen LogP contribution is -2.41. The minimum Gasteiger partial charge on any atom is -0.477 e. The highest BCUT2D eigenvalue weighted by molar-refractivity contribution is 6.42. The van der Waals surface area contributed by atoms with Gasteiger partial charge in [0.15, 0.2) is 6.10 Å². The summed E-state index contributed by atoms with van der Waals surface area (Å²) < 4.78 is 5.69.